The highest BCUT2D eigenvalue weighted by atomic mass is 16.2. The van der Waals surface area contributed by atoms with Gasteiger partial charge in [0, 0.05) is 37.6 Å². The maximum Gasteiger partial charge on any atom is 0.228 e. The van der Waals surface area contributed by atoms with Gasteiger partial charge in [-0.05, 0) is 58.3 Å². The maximum absolute atomic E-state index is 12.9. The van der Waals surface area contributed by atoms with Gasteiger partial charge in [-0.2, -0.15) is 0 Å². The monoisotopic (exact) mass is 264 g/mol. The van der Waals surface area contributed by atoms with Gasteiger partial charge < -0.3 is 4.90 Å². The largest absolute Gasteiger partial charge is 0.340 e. The molecule has 1 aliphatic heterocycles. The number of amides is 1. The number of rotatable bonds is 2. The van der Waals surface area contributed by atoms with Crippen molar-refractivity contribution < 1.29 is 4.79 Å². The second-order valence-corrected chi connectivity index (χ2v) is 7.18. The van der Waals surface area contributed by atoms with Crippen molar-refractivity contribution in [2.24, 2.45) is 11.3 Å². The third-order valence-electron chi connectivity index (χ3n) is 5.88. The Kier molecular flexibility index (Phi) is 3.59. The van der Waals surface area contributed by atoms with Crippen molar-refractivity contribution in [2.75, 3.05) is 26.2 Å². The van der Waals surface area contributed by atoms with E-state index in [1.165, 1.54) is 38.5 Å². The summed E-state index contributed by atoms with van der Waals surface area (Å²) in [7, 11) is 0. The Morgan fingerprint density at radius 2 is 1.53 bits per heavy atom. The Labute approximate surface area is 117 Å². The average Bonchev–Trinajstić information content (AvgIpc) is 2.48. The molecule has 19 heavy (non-hydrogen) atoms. The molecule has 1 saturated heterocycles. The second kappa shape index (κ2) is 5.08. The van der Waals surface area contributed by atoms with Crippen LogP contribution >= 0.6 is 0 Å². The Morgan fingerprint density at radius 3 is 2.00 bits per heavy atom. The molecule has 4 rings (SSSR count). The predicted octanol–water partition coefficient (Wildman–Crippen LogP) is 2.51. The minimum absolute atomic E-state index is 0.0503. The van der Waals surface area contributed by atoms with Crippen LogP contribution in [0.15, 0.2) is 0 Å². The summed E-state index contributed by atoms with van der Waals surface area (Å²) >= 11 is 0. The van der Waals surface area contributed by atoms with Crippen LogP contribution in [-0.4, -0.2) is 47.9 Å². The first kappa shape index (κ1) is 13.4. The summed E-state index contributed by atoms with van der Waals surface area (Å²) in [5.41, 5.74) is 0.0503. The van der Waals surface area contributed by atoms with Crippen LogP contribution in [0.4, 0.5) is 0 Å². The second-order valence-electron chi connectivity index (χ2n) is 7.18. The van der Waals surface area contributed by atoms with Gasteiger partial charge in [-0.3, -0.25) is 9.69 Å². The highest BCUT2D eigenvalue weighted by Crippen LogP contribution is 2.51. The van der Waals surface area contributed by atoms with E-state index in [-0.39, 0.29) is 5.41 Å². The molecular weight excluding hydrogens is 236 g/mol. The van der Waals surface area contributed by atoms with Crippen LogP contribution in [0.1, 0.15) is 52.4 Å². The number of hydrogen-bond donors (Lipinski definition) is 0. The van der Waals surface area contributed by atoms with Crippen LogP contribution in [0.5, 0.6) is 0 Å². The SMILES string of the molecule is CC(C)N1CCN(C(=O)C23CCC(CC2)CC3)CC1. The first-order chi connectivity index (χ1) is 9.11. The van der Waals surface area contributed by atoms with Gasteiger partial charge in [0.1, 0.15) is 0 Å². The van der Waals surface area contributed by atoms with Crippen molar-refractivity contribution in [3.8, 4) is 0 Å². The van der Waals surface area contributed by atoms with Crippen molar-refractivity contribution in [1.82, 2.24) is 9.80 Å². The summed E-state index contributed by atoms with van der Waals surface area (Å²) < 4.78 is 0. The molecular formula is C16H28N2O. The smallest absolute Gasteiger partial charge is 0.228 e. The lowest BCUT2D eigenvalue weighted by Gasteiger charge is -2.48. The molecule has 3 nitrogen and oxygen atoms in total. The number of piperazine rings is 1. The molecule has 0 spiro atoms. The maximum atomic E-state index is 12.9. The standard InChI is InChI=1S/C16H28N2O/c1-13(2)17-9-11-18(12-10-17)15(19)16-6-3-14(4-7-16)5-8-16/h13-14H,3-12H2,1-2H3. The fraction of sp³-hybridized carbons (Fsp3) is 0.938. The lowest BCUT2D eigenvalue weighted by atomic mass is 9.60. The third kappa shape index (κ3) is 2.42. The summed E-state index contributed by atoms with van der Waals surface area (Å²) in [4.78, 5) is 17.6. The Hall–Kier alpha value is -0.570. The number of nitrogens with zero attached hydrogens (tertiary/aromatic N) is 2. The van der Waals surface area contributed by atoms with Crippen LogP contribution in [0.25, 0.3) is 0 Å². The van der Waals surface area contributed by atoms with Gasteiger partial charge in [0.05, 0.1) is 0 Å². The van der Waals surface area contributed by atoms with Crippen LogP contribution in [0.3, 0.4) is 0 Å². The molecule has 1 amide bonds. The van der Waals surface area contributed by atoms with E-state index in [2.05, 4.69) is 23.6 Å². The van der Waals surface area contributed by atoms with Crippen molar-refractivity contribution in [3.63, 3.8) is 0 Å². The quantitative estimate of drug-likeness (QED) is 0.765. The zero-order valence-corrected chi connectivity index (χ0v) is 12.5. The van der Waals surface area contributed by atoms with E-state index in [1.54, 1.807) is 0 Å². The number of carbonyl (C=O) groups is 1. The molecule has 4 aliphatic rings. The van der Waals surface area contributed by atoms with Gasteiger partial charge in [0.2, 0.25) is 5.91 Å². The zero-order valence-electron chi connectivity index (χ0n) is 12.5. The first-order valence-electron chi connectivity index (χ1n) is 8.14. The van der Waals surface area contributed by atoms with Gasteiger partial charge in [-0.25, -0.2) is 0 Å². The van der Waals surface area contributed by atoms with Gasteiger partial charge in [0.25, 0.3) is 0 Å². The van der Waals surface area contributed by atoms with Crippen LogP contribution in [-0.2, 0) is 4.79 Å². The van der Waals surface area contributed by atoms with E-state index in [0.29, 0.717) is 11.9 Å². The van der Waals surface area contributed by atoms with Gasteiger partial charge in [-0.15, -0.1) is 0 Å². The minimum atomic E-state index is 0.0503. The van der Waals surface area contributed by atoms with Crippen LogP contribution in [0, 0.1) is 11.3 Å². The Balaban J connectivity index is 1.62. The predicted molar refractivity (Wildman–Crippen MR) is 76.9 cm³/mol. The molecule has 0 N–H and O–H groups in total. The number of carbonyl (C=O) groups excluding carboxylic acids is 1. The average molecular weight is 264 g/mol. The van der Waals surface area contributed by atoms with Crippen LogP contribution in [0.2, 0.25) is 0 Å². The van der Waals surface area contributed by atoms with Crippen LogP contribution < -0.4 is 0 Å². The molecule has 0 atom stereocenters. The summed E-state index contributed by atoms with van der Waals surface area (Å²) in [6, 6.07) is 0.612. The van der Waals surface area contributed by atoms with Gasteiger partial charge >= 0.3 is 0 Å². The van der Waals surface area contributed by atoms with E-state index in [9.17, 15) is 4.79 Å². The highest BCUT2D eigenvalue weighted by Gasteiger charge is 2.47. The summed E-state index contributed by atoms with van der Waals surface area (Å²) in [6.45, 7) is 8.51. The first-order valence-corrected chi connectivity index (χ1v) is 8.14. The molecule has 2 bridgehead atoms. The molecule has 3 aliphatic carbocycles. The van der Waals surface area contributed by atoms with E-state index in [4.69, 9.17) is 0 Å². The topological polar surface area (TPSA) is 23.6 Å². The highest BCUT2D eigenvalue weighted by molar-refractivity contribution is 5.83. The molecule has 3 saturated carbocycles. The van der Waals surface area contributed by atoms with Crippen molar-refractivity contribution >= 4 is 5.91 Å². The van der Waals surface area contributed by atoms with E-state index < -0.39 is 0 Å². The summed E-state index contributed by atoms with van der Waals surface area (Å²) in [5, 5.41) is 0. The molecule has 4 fully saturated rings. The fourth-order valence-corrected chi connectivity index (χ4v) is 4.35. The molecule has 1 heterocycles. The van der Waals surface area contributed by atoms with E-state index in [1.807, 2.05) is 0 Å². The molecule has 0 aromatic rings. The van der Waals surface area contributed by atoms with Gasteiger partial charge in [-0.1, -0.05) is 0 Å². The molecule has 0 aromatic heterocycles. The van der Waals surface area contributed by atoms with Crippen molar-refractivity contribution in [1.29, 1.82) is 0 Å². The number of fused-ring (bicyclic) bond motifs is 3. The van der Waals surface area contributed by atoms with Gasteiger partial charge in [0.15, 0.2) is 0 Å². The normalized spacial score (nSPS) is 35.9. The Bertz CT molecular complexity index is 323. The number of hydrogen-bond acceptors (Lipinski definition) is 2. The Morgan fingerprint density at radius 1 is 1.00 bits per heavy atom. The molecule has 0 radical (unpaired) electrons. The summed E-state index contributed by atoms with van der Waals surface area (Å²) in [6.07, 6.45) is 7.41. The lowest BCUT2D eigenvalue weighted by Crippen LogP contribution is -2.56. The fourth-order valence-electron chi connectivity index (χ4n) is 4.35. The molecule has 0 aromatic carbocycles. The molecule has 0 unspecified atom stereocenters. The minimum Gasteiger partial charge on any atom is -0.340 e. The summed E-state index contributed by atoms with van der Waals surface area (Å²) in [5.74, 6) is 1.43. The van der Waals surface area contributed by atoms with E-state index in [0.717, 1.165) is 32.1 Å². The molecule has 3 heteroatoms. The third-order valence-corrected chi connectivity index (χ3v) is 5.88. The van der Waals surface area contributed by atoms with Crippen molar-refractivity contribution in [3.05, 3.63) is 0 Å². The van der Waals surface area contributed by atoms with E-state index >= 15 is 0 Å². The zero-order chi connectivity index (χ0) is 13.5. The molecule has 108 valence electrons. The lowest BCUT2D eigenvalue weighted by molar-refractivity contribution is -0.150. The van der Waals surface area contributed by atoms with Crippen molar-refractivity contribution in [2.45, 2.75) is 58.4 Å².